The lowest BCUT2D eigenvalue weighted by atomic mass is 9.86. The summed E-state index contributed by atoms with van der Waals surface area (Å²) < 4.78 is 2.51. The zero-order chi connectivity index (χ0) is 29.2. The largest absolute Gasteiger partial charge is 0.135 e. The van der Waals surface area contributed by atoms with Gasteiger partial charge in [0, 0.05) is 20.0 Å². The molecule has 1 aromatic heterocycles. The van der Waals surface area contributed by atoms with Crippen molar-refractivity contribution in [1.82, 2.24) is 0 Å². The fourth-order valence-electron chi connectivity index (χ4n) is 7.52. The summed E-state index contributed by atoms with van der Waals surface area (Å²) in [6.07, 6.45) is 14.5. The van der Waals surface area contributed by atoms with Crippen LogP contribution in [0, 0.1) is 0 Å². The molecule has 0 aliphatic heterocycles. The second-order valence-electron chi connectivity index (χ2n) is 12.0. The summed E-state index contributed by atoms with van der Waals surface area (Å²) in [6, 6.07) is 38.1. The summed E-state index contributed by atoms with van der Waals surface area (Å²) in [7, 11) is 0. The number of thiophene rings is 1. The Labute approximate surface area is 260 Å². The monoisotopic (exact) mass is 578 g/mol. The minimum absolute atomic E-state index is 0.886. The van der Waals surface area contributed by atoms with Crippen molar-refractivity contribution in [3.8, 4) is 0 Å². The highest BCUT2D eigenvalue weighted by atomic mass is 32.1. The van der Waals surface area contributed by atoms with Gasteiger partial charge in [0.2, 0.25) is 0 Å². The lowest BCUT2D eigenvalue weighted by Gasteiger charge is -2.18. The minimum Gasteiger partial charge on any atom is -0.135 e. The van der Waals surface area contributed by atoms with Crippen LogP contribution < -0.4 is 9.75 Å². The third-order valence-corrected chi connectivity index (χ3v) is 10.6. The van der Waals surface area contributed by atoms with Gasteiger partial charge in [0.05, 0.1) is 0 Å². The van der Waals surface area contributed by atoms with E-state index in [1.165, 1.54) is 85.9 Å². The molecular formula is C43H30S. The third kappa shape index (κ3) is 3.83. The zero-order valence-corrected chi connectivity index (χ0v) is 25.3. The maximum Gasteiger partial charge on any atom is 0.0436 e. The molecule has 1 heterocycles. The number of benzene rings is 7. The van der Waals surface area contributed by atoms with E-state index < -0.39 is 0 Å². The molecule has 44 heavy (non-hydrogen) atoms. The molecule has 8 aromatic rings. The normalized spacial score (nSPS) is 13.9. The molecule has 0 fully saturated rings. The Morgan fingerprint density at radius 1 is 0.636 bits per heavy atom. The molecule has 0 unspecified atom stereocenters. The van der Waals surface area contributed by atoms with Crippen LogP contribution in [0.1, 0.15) is 23.1 Å². The van der Waals surface area contributed by atoms with Crippen LogP contribution in [0.4, 0.5) is 0 Å². The van der Waals surface area contributed by atoms with Gasteiger partial charge >= 0.3 is 0 Å². The first-order chi connectivity index (χ1) is 21.8. The summed E-state index contributed by atoms with van der Waals surface area (Å²) in [5, 5.41) is 16.0. The highest BCUT2D eigenvalue weighted by molar-refractivity contribution is 7.18. The van der Waals surface area contributed by atoms with Crippen LogP contribution in [0.15, 0.2) is 121 Å². The molecule has 0 spiro atoms. The number of aryl methyl sites for hydroxylation is 1. The molecule has 208 valence electrons. The Balaban J connectivity index is 1.13. The van der Waals surface area contributed by atoms with E-state index in [0.29, 0.717) is 0 Å². The van der Waals surface area contributed by atoms with E-state index >= 15 is 0 Å². The molecule has 0 saturated carbocycles. The number of rotatable bonds is 3. The van der Waals surface area contributed by atoms with Crippen molar-refractivity contribution in [2.75, 3.05) is 0 Å². The number of hydrogen-bond donors (Lipinski definition) is 0. The fraction of sp³-hybridized carbons (Fsp3) is 0.0698. The second-order valence-corrected chi connectivity index (χ2v) is 13.1. The highest BCUT2D eigenvalue weighted by Gasteiger charge is 2.18. The minimum atomic E-state index is 0.886. The maximum atomic E-state index is 4.50. The maximum absolute atomic E-state index is 4.50. The van der Waals surface area contributed by atoms with Gasteiger partial charge in [-0.25, -0.2) is 0 Å². The summed E-state index contributed by atoms with van der Waals surface area (Å²) >= 11 is 1.85. The third-order valence-electron chi connectivity index (χ3n) is 9.51. The quantitative estimate of drug-likeness (QED) is 0.183. The molecule has 0 saturated heterocycles. The molecule has 0 N–H and O–H groups in total. The van der Waals surface area contributed by atoms with E-state index in [4.69, 9.17) is 0 Å². The predicted octanol–water partition coefficient (Wildman–Crippen LogP) is 10.6. The summed E-state index contributed by atoms with van der Waals surface area (Å²) in [6.45, 7) is 4.50. The van der Waals surface area contributed by atoms with Crippen LogP contribution in [0.5, 0.6) is 0 Å². The average molecular weight is 579 g/mol. The van der Waals surface area contributed by atoms with Crippen molar-refractivity contribution in [2.24, 2.45) is 0 Å². The summed E-state index contributed by atoms with van der Waals surface area (Å²) in [4.78, 5) is 0. The standard InChI is InChI=1S/C43H30S/c1-27-29(40-25-24-39-35-19-8-6-17-33(35)34-18-10-11-21-38(34)42(39)43(40)44-27)13-3-2-12-28-22-23-37-32-16-5-4-14-30(32)31-15-7-9-20-36(31)41(37)26-28/h2-10,13-20,22-26H,1,11-12,21H2/b3-2-,29-13+. The average Bonchev–Trinajstić information content (AvgIpc) is 3.41. The molecule has 1 heteroatoms. The molecule has 0 radical (unpaired) electrons. The van der Waals surface area contributed by atoms with Crippen LogP contribution in [0.2, 0.25) is 0 Å². The smallest absolute Gasteiger partial charge is 0.0436 e. The molecular weight excluding hydrogens is 549 g/mol. The molecule has 1 aliphatic carbocycles. The van der Waals surface area contributed by atoms with Crippen LogP contribution in [0.25, 0.3) is 82.7 Å². The summed E-state index contributed by atoms with van der Waals surface area (Å²) in [5.74, 6) is 0. The molecule has 9 rings (SSSR count). The van der Waals surface area contributed by atoms with Crippen molar-refractivity contribution < 1.29 is 0 Å². The van der Waals surface area contributed by atoms with Gasteiger partial charge in [0.15, 0.2) is 0 Å². The topological polar surface area (TPSA) is 0 Å². The summed E-state index contributed by atoms with van der Waals surface area (Å²) in [5.41, 5.74) is 4.21. The van der Waals surface area contributed by atoms with Crippen LogP contribution in [-0.4, -0.2) is 0 Å². The second kappa shape index (κ2) is 10.0. The lowest BCUT2D eigenvalue weighted by Crippen LogP contribution is -2.15. The van der Waals surface area contributed by atoms with Gasteiger partial charge in [-0.3, -0.25) is 0 Å². The number of fused-ring (bicyclic) bond motifs is 14. The molecule has 0 atom stereocenters. The first-order valence-corrected chi connectivity index (χ1v) is 16.3. The molecule has 0 bridgehead atoms. The Kier molecular flexibility index (Phi) is 5.82. The molecule has 0 nitrogen and oxygen atoms in total. The van der Waals surface area contributed by atoms with Gasteiger partial charge in [-0.1, -0.05) is 140 Å². The van der Waals surface area contributed by atoms with Gasteiger partial charge in [-0.2, -0.15) is 0 Å². The van der Waals surface area contributed by atoms with E-state index in [9.17, 15) is 0 Å². The van der Waals surface area contributed by atoms with Gasteiger partial charge in [-0.15, -0.1) is 11.3 Å². The van der Waals surface area contributed by atoms with E-state index in [0.717, 1.165) is 23.8 Å². The highest BCUT2D eigenvalue weighted by Crippen LogP contribution is 2.40. The van der Waals surface area contributed by atoms with Crippen molar-refractivity contribution >= 4 is 94.0 Å². The van der Waals surface area contributed by atoms with Crippen LogP contribution in [0.3, 0.4) is 0 Å². The van der Waals surface area contributed by atoms with Crippen molar-refractivity contribution in [3.63, 3.8) is 0 Å². The predicted molar refractivity (Wildman–Crippen MR) is 195 cm³/mol. The SMILES string of the molecule is C=c1sc2c(ccc3c4ccccc4c4c(c32)CCC=C4)/c1=C/C=C\Cc1ccc2c3ccccc3c3ccccc3c2c1. The van der Waals surface area contributed by atoms with E-state index in [1.807, 2.05) is 11.3 Å². The molecule has 1 aliphatic rings. The van der Waals surface area contributed by atoms with Gasteiger partial charge in [0.25, 0.3) is 0 Å². The van der Waals surface area contributed by atoms with Gasteiger partial charge in [0.1, 0.15) is 0 Å². The Hall–Kier alpha value is -4.98. The van der Waals surface area contributed by atoms with Crippen LogP contribution in [-0.2, 0) is 12.8 Å². The fourth-order valence-corrected chi connectivity index (χ4v) is 8.67. The van der Waals surface area contributed by atoms with E-state index in [1.54, 1.807) is 0 Å². The van der Waals surface area contributed by atoms with Crippen molar-refractivity contribution in [3.05, 3.63) is 148 Å². The Bertz CT molecular complexity index is 2610. The number of allylic oxidation sites excluding steroid dienone is 3. The molecule has 7 aromatic carbocycles. The lowest BCUT2D eigenvalue weighted by molar-refractivity contribution is 1.00. The number of hydrogen-bond acceptors (Lipinski definition) is 1. The first-order valence-electron chi connectivity index (χ1n) is 15.5. The Morgan fingerprint density at radius 3 is 1.95 bits per heavy atom. The van der Waals surface area contributed by atoms with E-state index in [2.05, 4.69) is 140 Å². The van der Waals surface area contributed by atoms with Gasteiger partial charge < -0.3 is 0 Å². The Morgan fingerprint density at radius 2 is 1.23 bits per heavy atom. The van der Waals surface area contributed by atoms with Crippen LogP contribution >= 0.6 is 11.3 Å². The van der Waals surface area contributed by atoms with Crippen molar-refractivity contribution in [2.45, 2.75) is 19.3 Å². The van der Waals surface area contributed by atoms with Crippen molar-refractivity contribution in [1.29, 1.82) is 0 Å². The first kappa shape index (κ1) is 25.5. The van der Waals surface area contributed by atoms with E-state index in [-0.39, 0.29) is 0 Å². The molecule has 0 amide bonds. The van der Waals surface area contributed by atoms with Gasteiger partial charge in [-0.05, 0) is 89.6 Å². The zero-order valence-electron chi connectivity index (χ0n) is 24.4.